The van der Waals surface area contributed by atoms with E-state index in [1.54, 1.807) is 54.9 Å². The van der Waals surface area contributed by atoms with Crippen LogP contribution in [0.25, 0.3) is 32.9 Å². The second kappa shape index (κ2) is 13.2. The van der Waals surface area contributed by atoms with E-state index in [1.165, 1.54) is 28.6 Å². The maximum absolute atomic E-state index is 14.8. The molecule has 48 heavy (non-hydrogen) atoms. The number of nitrogens with zero attached hydrogens (tertiary/aromatic N) is 5. The van der Waals surface area contributed by atoms with Gasteiger partial charge in [-0.2, -0.15) is 0 Å². The Balaban J connectivity index is 1.56. The molecule has 4 heterocycles. The van der Waals surface area contributed by atoms with Crippen molar-refractivity contribution in [2.75, 3.05) is 12.0 Å². The average Bonchev–Trinajstić information content (AvgIpc) is 3.82. The quantitative estimate of drug-likeness (QED) is 0.138. The molecule has 7 rings (SSSR count). The lowest BCUT2D eigenvalue weighted by atomic mass is 10.1. The van der Waals surface area contributed by atoms with E-state index in [0.717, 1.165) is 21.7 Å². The van der Waals surface area contributed by atoms with Crippen LogP contribution in [0, 0.1) is 0 Å². The Hall–Kier alpha value is -5.65. The summed E-state index contributed by atoms with van der Waals surface area (Å²) in [5.74, 6) is -0.255. The van der Waals surface area contributed by atoms with Crippen LogP contribution in [0.15, 0.2) is 138 Å². The zero-order valence-electron chi connectivity index (χ0n) is 25.8. The van der Waals surface area contributed by atoms with Gasteiger partial charge in [0.25, 0.3) is 10.0 Å². The minimum atomic E-state index is -4.27. The lowest BCUT2D eigenvalue weighted by Crippen LogP contribution is -2.25. The molecule has 0 aliphatic carbocycles. The Morgan fingerprint density at radius 3 is 2.06 bits per heavy atom. The van der Waals surface area contributed by atoms with Gasteiger partial charge in [-0.15, -0.1) is 11.3 Å². The second-order valence-electron chi connectivity index (χ2n) is 11.0. The van der Waals surface area contributed by atoms with Crippen LogP contribution < -0.4 is 4.90 Å². The largest absolute Gasteiger partial charge is 0.465 e. The zero-order valence-corrected chi connectivity index (χ0v) is 27.4. The maximum atomic E-state index is 14.8. The fourth-order valence-corrected chi connectivity index (χ4v) is 7.85. The first kappa shape index (κ1) is 31.0. The molecule has 0 aliphatic heterocycles. The van der Waals surface area contributed by atoms with Crippen molar-refractivity contribution in [3.05, 3.63) is 150 Å². The van der Waals surface area contributed by atoms with E-state index in [0.29, 0.717) is 30.0 Å². The molecule has 238 valence electrons. The van der Waals surface area contributed by atoms with Crippen molar-refractivity contribution in [3.63, 3.8) is 0 Å². The maximum Gasteiger partial charge on any atom is 0.340 e. The topological polar surface area (TPSA) is 107 Å². The first-order valence-electron chi connectivity index (χ1n) is 15.1. The van der Waals surface area contributed by atoms with Crippen molar-refractivity contribution in [1.82, 2.24) is 18.9 Å². The van der Waals surface area contributed by atoms with Gasteiger partial charge in [-0.1, -0.05) is 78.9 Å². The Kier molecular flexibility index (Phi) is 8.53. The van der Waals surface area contributed by atoms with Crippen LogP contribution in [-0.2, 0) is 27.8 Å². The van der Waals surface area contributed by atoms with E-state index in [4.69, 9.17) is 9.72 Å². The third-order valence-corrected chi connectivity index (χ3v) is 10.4. The molecule has 0 N–H and O–H groups in total. The molecule has 0 spiro atoms. The summed E-state index contributed by atoms with van der Waals surface area (Å²) < 4.78 is 36.1. The summed E-state index contributed by atoms with van der Waals surface area (Å²) in [6.07, 6.45) is 4.79. The number of benzene rings is 3. The molecule has 0 fully saturated rings. The van der Waals surface area contributed by atoms with Crippen LogP contribution in [0.1, 0.15) is 21.5 Å². The van der Waals surface area contributed by atoms with E-state index in [1.807, 2.05) is 77.0 Å². The summed E-state index contributed by atoms with van der Waals surface area (Å²) in [7, 11) is -2.99. The van der Waals surface area contributed by atoms with Crippen LogP contribution >= 0.6 is 11.3 Å². The molecule has 0 atom stereocenters. The van der Waals surface area contributed by atoms with Gasteiger partial charge in [0.15, 0.2) is 5.82 Å². The Labute approximate surface area is 281 Å². The van der Waals surface area contributed by atoms with Crippen molar-refractivity contribution in [2.45, 2.75) is 18.0 Å². The molecular formula is C37H29N5O4S2. The van der Waals surface area contributed by atoms with Crippen molar-refractivity contribution in [1.29, 1.82) is 0 Å². The fraction of sp³-hybridized carbons (Fsp3) is 0.0811. The van der Waals surface area contributed by atoms with Crippen molar-refractivity contribution in [2.24, 2.45) is 0 Å². The van der Waals surface area contributed by atoms with Gasteiger partial charge in [0.1, 0.15) is 10.5 Å². The Morgan fingerprint density at radius 2 is 1.46 bits per heavy atom. The Bertz CT molecular complexity index is 2270. The predicted octanol–water partition coefficient (Wildman–Crippen LogP) is 7.45. The number of anilines is 1. The van der Waals surface area contributed by atoms with Crippen LogP contribution in [-0.4, -0.2) is 40.4 Å². The molecule has 0 amide bonds. The second-order valence-corrected chi connectivity index (χ2v) is 13.6. The number of hydrogen-bond donors (Lipinski definition) is 0. The van der Waals surface area contributed by atoms with Crippen molar-refractivity contribution in [3.8, 4) is 22.0 Å². The fourth-order valence-electron chi connectivity index (χ4n) is 5.68. The minimum Gasteiger partial charge on any atom is -0.465 e. The van der Waals surface area contributed by atoms with E-state index in [2.05, 4.69) is 9.97 Å². The number of fused-ring (bicyclic) bond motifs is 1. The lowest BCUT2D eigenvalue weighted by Gasteiger charge is -2.26. The summed E-state index contributed by atoms with van der Waals surface area (Å²) >= 11 is 1.47. The predicted molar refractivity (Wildman–Crippen MR) is 187 cm³/mol. The molecule has 4 aromatic heterocycles. The van der Waals surface area contributed by atoms with Crippen molar-refractivity contribution < 1.29 is 17.9 Å². The molecule has 0 unspecified atom stereocenters. The van der Waals surface area contributed by atoms with E-state index < -0.39 is 16.0 Å². The number of carbonyl (C=O) groups is 1. The average molecular weight is 672 g/mol. The van der Waals surface area contributed by atoms with Gasteiger partial charge in [-0.05, 0) is 41.5 Å². The molecule has 0 saturated heterocycles. The highest BCUT2D eigenvalue weighted by molar-refractivity contribution is 7.90. The van der Waals surface area contributed by atoms with Gasteiger partial charge in [0.05, 0.1) is 29.0 Å². The third kappa shape index (κ3) is 5.96. The van der Waals surface area contributed by atoms with Crippen LogP contribution in [0.4, 0.5) is 5.82 Å². The first-order chi connectivity index (χ1) is 23.4. The monoisotopic (exact) mass is 671 g/mol. The van der Waals surface area contributed by atoms with Crippen LogP contribution in [0.3, 0.4) is 0 Å². The van der Waals surface area contributed by atoms with Gasteiger partial charge in [0.2, 0.25) is 0 Å². The molecule has 0 aliphatic rings. The number of aromatic nitrogens is 4. The number of hydrogen-bond acceptors (Lipinski definition) is 9. The van der Waals surface area contributed by atoms with Gasteiger partial charge in [-0.3, -0.25) is 4.98 Å². The highest BCUT2D eigenvalue weighted by Gasteiger charge is 2.31. The van der Waals surface area contributed by atoms with E-state index >= 15 is 0 Å². The zero-order chi connectivity index (χ0) is 33.1. The van der Waals surface area contributed by atoms with E-state index in [-0.39, 0.29) is 21.7 Å². The number of rotatable bonds is 10. The third-order valence-electron chi connectivity index (χ3n) is 7.90. The molecule has 3 aromatic carbocycles. The summed E-state index contributed by atoms with van der Waals surface area (Å²) in [5.41, 5.74) is 3.82. The number of esters is 1. The van der Waals surface area contributed by atoms with Crippen molar-refractivity contribution >= 4 is 44.1 Å². The summed E-state index contributed by atoms with van der Waals surface area (Å²) in [4.78, 5) is 29.2. The molecule has 0 bridgehead atoms. The number of methoxy groups -OCH3 is 1. The van der Waals surface area contributed by atoms with Gasteiger partial charge < -0.3 is 9.64 Å². The van der Waals surface area contributed by atoms with Gasteiger partial charge in [-0.25, -0.2) is 27.2 Å². The summed E-state index contributed by atoms with van der Waals surface area (Å²) in [5, 5.41) is 3.01. The molecule has 11 heteroatoms. The summed E-state index contributed by atoms with van der Waals surface area (Å²) in [6.45, 7) is 0.832. The number of pyridine rings is 2. The summed E-state index contributed by atoms with van der Waals surface area (Å²) in [6, 6.07) is 33.3. The molecule has 9 nitrogen and oxygen atoms in total. The SMILES string of the molecule is COC(=O)c1cnc(N(Cc2ccccc2)Cc2ccccc2)c2c1cc(-c1cc(-c3nccs3)ccn1)n2S(=O)(=O)c1ccccc1. The first-order valence-corrected chi connectivity index (χ1v) is 17.4. The van der Waals surface area contributed by atoms with Crippen LogP contribution in [0.5, 0.6) is 0 Å². The molecule has 7 aromatic rings. The van der Waals surface area contributed by atoms with Gasteiger partial charge >= 0.3 is 5.97 Å². The lowest BCUT2D eigenvalue weighted by molar-refractivity contribution is 0.0602. The van der Waals surface area contributed by atoms with Gasteiger partial charge in [0, 0.05) is 48.0 Å². The highest BCUT2D eigenvalue weighted by Crippen LogP contribution is 2.39. The highest BCUT2D eigenvalue weighted by atomic mass is 32.2. The smallest absolute Gasteiger partial charge is 0.340 e. The standard InChI is InChI=1S/C37H29N5O4S2/c1-46-37(43)31-23-40-35(41(24-26-11-5-2-6-12-26)25-27-13-7-3-8-14-27)34-30(31)22-33(42(34)48(44,45)29-15-9-4-10-16-29)32-21-28(17-18-38-32)36-39-19-20-47-36/h2-23H,24-25H2,1H3. The minimum absolute atomic E-state index is 0.0758. The molecular weight excluding hydrogens is 643 g/mol. The number of ether oxygens (including phenoxy) is 1. The van der Waals surface area contributed by atoms with Crippen LogP contribution in [0.2, 0.25) is 0 Å². The molecule has 0 saturated carbocycles. The number of carbonyl (C=O) groups excluding carboxylic acids is 1. The normalized spacial score (nSPS) is 11.4. The number of thiazole rings is 1. The van der Waals surface area contributed by atoms with E-state index in [9.17, 15) is 13.2 Å². The Morgan fingerprint density at radius 1 is 0.812 bits per heavy atom. The molecule has 0 radical (unpaired) electrons.